The minimum Gasteiger partial charge on any atom is -0.481 e. The molecule has 1 aliphatic rings. The highest BCUT2D eigenvalue weighted by Crippen LogP contribution is 2.46. The highest BCUT2D eigenvalue weighted by Gasteiger charge is 2.45. The first-order chi connectivity index (χ1) is 14.5. The van der Waals surface area contributed by atoms with E-state index in [2.05, 4.69) is 5.32 Å². The van der Waals surface area contributed by atoms with Crippen LogP contribution in [0.15, 0.2) is 30.3 Å². The zero-order valence-electron chi connectivity index (χ0n) is 16.4. The van der Waals surface area contributed by atoms with Gasteiger partial charge in [-0.05, 0) is 54.5 Å². The van der Waals surface area contributed by atoms with Crippen LogP contribution < -0.4 is 5.32 Å². The average Bonchev–Trinajstić information content (AvgIpc) is 3.42. The zero-order chi connectivity index (χ0) is 22.9. The fourth-order valence-corrected chi connectivity index (χ4v) is 5.04. The van der Waals surface area contributed by atoms with Gasteiger partial charge in [0.05, 0.1) is 33.3 Å². The van der Waals surface area contributed by atoms with E-state index in [0.29, 0.717) is 5.56 Å². The third-order valence-electron chi connectivity index (χ3n) is 5.46. The lowest BCUT2D eigenvalue weighted by molar-refractivity contribution is -0.177. The molecule has 1 heterocycles. The maximum absolute atomic E-state index is 13.5. The molecule has 0 radical (unpaired) electrons. The minimum absolute atomic E-state index is 0.0683. The molecule has 0 bridgehead atoms. The fraction of sp³-hybridized carbons (Fsp3) is 0.429. The number of carbonyl (C=O) groups is 2. The number of hydrogen-bond donors (Lipinski definition) is 2. The van der Waals surface area contributed by atoms with Crippen LogP contribution in [0.3, 0.4) is 0 Å². The van der Waals surface area contributed by atoms with Crippen LogP contribution in [0.1, 0.15) is 48.5 Å². The lowest BCUT2D eigenvalue weighted by Gasteiger charge is -2.25. The van der Waals surface area contributed by atoms with Crippen molar-refractivity contribution in [3.8, 4) is 0 Å². The summed E-state index contributed by atoms with van der Waals surface area (Å²) in [5.74, 6) is -5.26. The molecule has 0 aliphatic heterocycles. The molecule has 0 spiro atoms. The molecule has 1 saturated carbocycles. The smallest absolute Gasteiger partial charge is 0.392 e. The van der Waals surface area contributed by atoms with Crippen LogP contribution in [0.2, 0.25) is 9.36 Å². The molecule has 4 nitrogen and oxygen atoms in total. The molecule has 1 fully saturated rings. The SMILES string of the molecule is C[C@H]([C@@H](C(=O)Nc1cc([C@@H](CC(=O)O)C2CC2)ccc1Cl)c1ccc(Cl)s1)C(F)(F)F. The first kappa shape index (κ1) is 23.9. The van der Waals surface area contributed by atoms with Gasteiger partial charge < -0.3 is 10.4 Å². The Morgan fingerprint density at radius 3 is 2.42 bits per heavy atom. The lowest BCUT2D eigenvalue weighted by Crippen LogP contribution is -2.34. The van der Waals surface area contributed by atoms with Crippen LogP contribution >= 0.6 is 34.5 Å². The Balaban J connectivity index is 1.90. The van der Waals surface area contributed by atoms with Crippen LogP contribution in [0.4, 0.5) is 18.9 Å². The molecule has 0 unspecified atom stereocenters. The van der Waals surface area contributed by atoms with E-state index < -0.39 is 29.9 Å². The Labute approximate surface area is 191 Å². The van der Waals surface area contributed by atoms with Gasteiger partial charge in [0, 0.05) is 4.88 Å². The Kier molecular flexibility index (Phi) is 7.23. The van der Waals surface area contributed by atoms with Crippen molar-refractivity contribution in [2.75, 3.05) is 5.32 Å². The number of halogens is 5. The number of carboxylic acids is 1. The zero-order valence-corrected chi connectivity index (χ0v) is 18.7. The van der Waals surface area contributed by atoms with Gasteiger partial charge in [0.2, 0.25) is 5.91 Å². The van der Waals surface area contributed by atoms with Gasteiger partial charge in [-0.15, -0.1) is 11.3 Å². The second kappa shape index (κ2) is 9.38. The Bertz CT molecular complexity index is 975. The quantitative estimate of drug-likeness (QED) is 0.418. The molecule has 2 N–H and O–H groups in total. The van der Waals surface area contributed by atoms with Crippen molar-refractivity contribution >= 4 is 52.1 Å². The van der Waals surface area contributed by atoms with Gasteiger partial charge in [0.25, 0.3) is 0 Å². The Morgan fingerprint density at radius 2 is 1.90 bits per heavy atom. The minimum atomic E-state index is -4.59. The maximum Gasteiger partial charge on any atom is 0.392 e. The van der Waals surface area contributed by atoms with Gasteiger partial charge in [-0.25, -0.2) is 0 Å². The molecule has 3 atom stereocenters. The summed E-state index contributed by atoms with van der Waals surface area (Å²) in [7, 11) is 0. The van der Waals surface area contributed by atoms with E-state index in [1.165, 1.54) is 18.2 Å². The monoisotopic (exact) mass is 493 g/mol. The summed E-state index contributed by atoms with van der Waals surface area (Å²) in [4.78, 5) is 24.4. The average molecular weight is 494 g/mol. The van der Waals surface area contributed by atoms with Gasteiger partial charge >= 0.3 is 12.1 Å². The van der Waals surface area contributed by atoms with Crippen LogP contribution in [0.5, 0.6) is 0 Å². The molecule has 168 valence electrons. The van der Waals surface area contributed by atoms with E-state index in [1.807, 2.05) is 0 Å². The predicted octanol–water partition coefficient (Wildman–Crippen LogP) is 6.94. The number of carbonyl (C=O) groups excluding carboxylic acids is 1. The summed E-state index contributed by atoms with van der Waals surface area (Å²) in [6.07, 6.45) is -2.84. The van der Waals surface area contributed by atoms with Gasteiger partial charge in [0.1, 0.15) is 0 Å². The molecule has 31 heavy (non-hydrogen) atoms. The maximum atomic E-state index is 13.5. The lowest BCUT2D eigenvalue weighted by atomic mass is 9.89. The predicted molar refractivity (Wildman–Crippen MR) is 115 cm³/mol. The van der Waals surface area contributed by atoms with E-state index in [9.17, 15) is 27.9 Å². The topological polar surface area (TPSA) is 66.4 Å². The first-order valence-corrected chi connectivity index (χ1v) is 11.2. The number of thiophene rings is 1. The normalized spacial score (nSPS) is 17.1. The third-order valence-corrected chi connectivity index (χ3v) is 7.11. The molecule has 1 amide bonds. The van der Waals surface area contributed by atoms with Crippen molar-refractivity contribution in [1.29, 1.82) is 0 Å². The van der Waals surface area contributed by atoms with E-state index >= 15 is 0 Å². The largest absolute Gasteiger partial charge is 0.481 e. The number of hydrogen-bond acceptors (Lipinski definition) is 3. The number of benzene rings is 1. The number of aliphatic carboxylic acids is 1. The van der Waals surface area contributed by atoms with Gasteiger partial charge in [-0.2, -0.15) is 13.2 Å². The first-order valence-electron chi connectivity index (χ1n) is 9.61. The highest BCUT2D eigenvalue weighted by molar-refractivity contribution is 7.16. The molecule has 0 saturated heterocycles. The summed E-state index contributed by atoms with van der Waals surface area (Å²) in [6.45, 7) is 0.950. The van der Waals surface area contributed by atoms with E-state index in [4.69, 9.17) is 23.2 Å². The van der Waals surface area contributed by atoms with Crippen LogP contribution in [0.25, 0.3) is 0 Å². The van der Waals surface area contributed by atoms with Crippen molar-refractivity contribution in [2.45, 2.75) is 44.2 Å². The second-order valence-electron chi connectivity index (χ2n) is 7.72. The van der Waals surface area contributed by atoms with E-state index in [-0.39, 0.29) is 38.2 Å². The Hall–Kier alpha value is -1.77. The molecular formula is C21H20Cl2F3NO3S. The molecular weight excluding hydrogens is 474 g/mol. The molecule has 1 aromatic carbocycles. The Morgan fingerprint density at radius 1 is 1.23 bits per heavy atom. The fourth-order valence-electron chi connectivity index (χ4n) is 3.61. The summed E-state index contributed by atoms with van der Waals surface area (Å²) in [5, 5.41) is 11.9. The third kappa shape index (κ3) is 5.93. The molecule has 3 rings (SSSR count). The summed E-state index contributed by atoms with van der Waals surface area (Å²) >= 11 is 13.0. The summed E-state index contributed by atoms with van der Waals surface area (Å²) in [5.41, 5.74) is 0.839. The molecule has 1 aliphatic carbocycles. The highest BCUT2D eigenvalue weighted by atomic mass is 35.5. The van der Waals surface area contributed by atoms with Crippen molar-refractivity contribution in [3.63, 3.8) is 0 Å². The summed E-state index contributed by atoms with van der Waals surface area (Å²) in [6, 6.07) is 7.63. The number of carboxylic acid groups (broad SMARTS) is 1. The van der Waals surface area contributed by atoms with E-state index in [1.54, 1.807) is 12.1 Å². The van der Waals surface area contributed by atoms with Crippen molar-refractivity contribution < 1.29 is 27.9 Å². The standard InChI is InChI=1S/C21H20Cl2F3NO3S/c1-10(21(24,25)26)19(16-6-7-17(23)31-16)20(30)27-15-8-12(4-5-14(15)22)13(9-18(28)29)11-2-3-11/h4-8,10-11,13,19H,2-3,9H2,1H3,(H,27,30)(H,28,29)/t10-,13+,19-/m1/s1. The number of rotatable bonds is 8. The number of anilines is 1. The number of nitrogens with one attached hydrogen (secondary N) is 1. The van der Waals surface area contributed by atoms with Gasteiger partial charge in [0.15, 0.2) is 0 Å². The van der Waals surface area contributed by atoms with Gasteiger partial charge in [-0.1, -0.05) is 36.2 Å². The number of amides is 1. The van der Waals surface area contributed by atoms with Crippen LogP contribution in [-0.4, -0.2) is 23.2 Å². The molecule has 1 aromatic heterocycles. The van der Waals surface area contributed by atoms with Crippen molar-refractivity contribution in [3.05, 3.63) is 50.1 Å². The van der Waals surface area contributed by atoms with Gasteiger partial charge in [-0.3, -0.25) is 9.59 Å². The van der Waals surface area contributed by atoms with Crippen molar-refractivity contribution in [2.24, 2.45) is 11.8 Å². The molecule has 10 heteroatoms. The number of alkyl halides is 3. The van der Waals surface area contributed by atoms with Crippen molar-refractivity contribution in [1.82, 2.24) is 0 Å². The van der Waals surface area contributed by atoms with Crippen LogP contribution in [0, 0.1) is 11.8 Å². The van der Waals surface area contributed by atoms with E-state index in [0.717, 1.165) is 31.1 Å². The summed E-state index contributed by atoms with van der Waals surface area (Å²) < 4.78 is 40.7. The van der Waals surface area contributed by atoms with Crippen LogP contribution in [-0.2, 0) is 9.59 Å². The second-order valence-corrected chi connectivity index (χ2v) is 9.87. The molecule has 2 aromatic rings.